The van der Waals surface area contributed by atoms with Gasteiger partial charge in [0.15, 0.2) is 11.6 Å². The van der Waals surface area contributed by atoms with Crippen LogP contribution in [0.1, 0.15) is 32.6 Å². The van der Waals surface area contributed by atoms with Crippen LogP contribution < -0.4 is 4.74 Å². The summed E-state index contributed by atoms with van der Waals surface area (Å²) < 4.78 is 32.7. The molecule has 2 rings (SSSR count). The van der Waals surface area contributed by atoms with Crippen LogP contribution in [0.15, 0.2) is 16.6 Å². The highest BCUT2D eigenvalue weighted by molar-refractivity contribution is 9.10. The second kappa shape index (κ2) is 5.34. The molecule has 0 spiro atoms. The Kier molecular flexibility index (Phi) is 4.02. The second-order valence-electron chi connectivity index (χ2n) is 4.70. The summed E-state index contributed by atoms with van der Waals surface area (Å²) in [5.41, 5.74) is 0. The molecule has 4 heteroatoms. The van der Waals surface area contributed by atoms with Crippen LogP contribution in [0, 0.1) is 17.6 Å². The van der Waals surface area contributed by atoms with Crippen LogP contribution in [0.5, 0.6) is 5.75 Å². The van der Waals surface area contributed by atoms with E-state index in [0.717, 1.165) is 31.7 Å². The van der Waals surface area contributed by atoms with Crippen molar-refractivity contribution in [3.8, 4) is 5.75 Å². The lowest BCUT2D eigenvalue weighted by Gasteiger charge is -2.27. The van der Waals surface area contributed by atoms with Crippen molar-refractivity contribution in [2.45, 2.75) is 38.7 Å². The minimum absolute atomic E-state index is 0.00870. The molecule has 0 amide bonds. The fourth-order valence-electron chi connectivity index (χ4n) is 2.15. The van der Waals surface area contributed by atoms with Gasteiger partial charge < -0.3 is 4.74 Å². The Hall–Kier alpha value is -0.640. The third-order valence-corrected chi connectivity index (χ3v) is 3.67. The van der Waals surface area contributed by atoms with Gasteiger partial charge in [0.2, 0.25) is 5.82 Å². The molecule has 1 fully saturated rings. The lowest BCUT2D eigenvalue weighted by atomic mass is 9.89. The Balaban J connectivity index is 2.08. The van der Waals surface area contributed by atoms with E-state index in [-0.39, 0.29) is 11.9 Å². The monoisotopic (exact) mass is 304 g/mol. The zero-order valence-electron chi connectivity index (χ0n) is 9.68. The predicted octanol–water partition coefficient (Wildman–Crippen LogP) is 4.68. The Morgan fingerprint density at radius 3 is 2.47 bits per heavy atom. The molecule has 0 radical (unpaired) electrons. The van der Waals surface area contributed by atoms with Crippen molar-refractivity contribution in [2.75, 3.05) is 0 Å². The van der Waals surface area contributed by atoms with Crippen molar-refractivity contribution in [3.05, 3.63) is 28.2 Å². The van der Waals surface area contributed by atoms with Crippen LogP contribution in [0.2, 0.25) is 0 Å². The summed E-state index contributed by atoms with van der Waals surface area (Å²) in [4.78, 5) is 0. The summed E-state index contributed by atoms with van der Waals surface area (Å²) in [6, 6.07) is 2.58. The normalized spacial score (nSPS) is 24.7. The Morgan fingerprint density at radius 2 is 1.82 bits per heavy atom. The van der Waals surface area contributed by atoms with E-state index in [0.29, 0.717) is 10.4 Å². The molecule has 1 aliphatic carbocycles. The molecule has 0 bridgehead atoms. The minimum atomic E-state index is -0.896. The molecule has 1 aromatic carbocycles. The van der Waals surface area contributed by atoms with Gasteiger partial charge in [0, 0.05) is 4.47 Å². The van der Waals surface area contributed by atoms with Crippen molar-refractivity contribution in [3.63, 3.8) is 0 Å². The summed E-state index contributed by atoms with van der Waals surface area (Å²) in [7, 11) is 0. The molecule has 0 N–H and O–H groups in total. The summed E-state index contributed by atoms with van der Waals surface area (Å²) in [6.45, 7) is 2.20. The lowest BCUT2D eigenvalue weighted by molar-refractivity contribution is 0.129. The summed E-state index contributed by atoms with van der Waals surface area (Å²) >= 11 is 3.13. The first-order valence-electron chi connectivity index (χ1n) is 5.87. The fourth-order valence-corrected chi connectivity index (χ4v) is 2.55. The highest BCUT2D eigenvalue weighted by Gasteiger charge is 2.21. The maximum absolute atomic E-state index is 13.5. The van der Waals surface area contributed by atoms with Gasteiger partial charge in [-0.15, -0.1) is 0 Å². The molecule has 0 aliphatic heterocycles. The fraction of sp³-hybridized carbons (Fsp3) is 0.538. The maximum atomic E-state index is 13.5. The van der Waals surface area contributed by atoms with Crippen LogP contribution in [0.3, 0.4) is 0 Å². The minimum Gasteiger partial charge on any atom is -0.487 e. The Morgan fingerprint density at radius 1 is 1.18 bits per heavy atom. The first-order valence-corrected chi connectivity index (χ1v) is 6.66. The Labute approximate surface area is 108 Å². The molecule has 94 valence electrons. The molecule has 0 heterocycles. The molecule has 0 atom stereocenters. The molecule has 1 aliphatic rings. The zero-order chi connectivity index (χ0) is 12.4. The quantitative estimate of drug-likeness (QED) is 0.721. The van der Waals surface area contributed by atoms with Crippen molar-refractivity contribution < 1.29 is 13.5 Å². The van der Waals surface area contributed by atoms with Gasteiger partial charge in [-0.2, -0.15) is 4.39 Å². The standard InChI is InChI=1S/C13H15BrF2O/c1-8-2-4-10(5-3-8)17-12-7-9(14)6-11(15)13(12)16/h6-8,10H,2-5H2,1H3. The molecular formula is C13H15BrF2O. The van der Waals surface area contributed by atoms with Gasteiger partial charge >= 0.3 is 0 Å². The van der Waals surface area contributed by atoms with Crippen molar-refractivity contribution in [1.82, 2.24) is 0 Å². The summed E-state index contributed by atoms with van der Waals surface area (Å²) in [6.07, 6.45) is 4.00. The van der Waals surface area contributed by atoms with Gasteiger partial charge in [0.1, 0.15) is 0 Å². The molecule has 0 saturated heterocycles. The molecule has 0 aromatic heterocycles. The van der Waals surface area contributed by atoms with Crippen LogP contribution in [-0.4, -0.2) is 6.10 Å². The van der Waals surface area contributed by atoms with Gasteiger partial charge in [-0.05, 0) is 43.7 Å². The van der Waals surface area contributed by atoms with E-state index in [4.69, 9.17) is 4.74 Å². The number of halogens is 3. The number of rotatable bonds is 2. The third-order valence-electron chi connectivity index (χ3n) is 3.22. The van der Waals surface area contributed by atoms with E-state index >= 15 is 0 Å². The molecule has 1 nitrogen and oxygen atoms in total. The van der Waals surface area contributed by atoms with E-state index in [1.165, 1.54) is 6.07 Å². The Bertz CT molecular complexity index is 401. The zero-order valence-corrected chi connectivity index (χ0v) is 11.3. The van der Waals surface area contributed by atoms with Crippen molar-refractivity contribution in [2.24, 2.45) is 5.92 Å². The second-order valence-corrected chi connectivity index (χ2v) is 5.62. The molecule has 17 heavy (non-hydrogen) atoms. The highest BCUT2D eigenvalue weighted by Crippen LogP contribution is 2.31. The van der Waals surface area contributed by atoms with Crippen LogP contribution in [-0.2, 0) is 0 Å². The van der Waals surface area contributed by atoms with E-state index < -0.39 is 11.6 Å². The van der Waals surface area contributed by atoms with Gasteiger partial charge in [0.25, 0.3) is 0 Å². The van der Waals surface area contributed by atoms with Gasteiger partial charge in [0.05, 0.1) is 6.10 Å². The van der Waals surface area contributed by atoms with Gasteiger partial charge in [-0.25, -0.2) is 4.39 Å². The van der Waals surface area contributed by atoms with E-state index in [9.17, 15) is 8.78 Å². The van der Waals surface area contributed by atoms with Crippen LogP contribution >= 0.6 is 15.9 Å². The van der Waals surface area contributed by atoms with Crippen LogP contribution in [0.4, 0.5) is 8.78 Å². The lowest BCUT2D eigenvalue weighted by Crippen LogP contribution is -2.23. The average Bonchev–Trinajstić information content (AvgIpc) is 2.28. The molecule has 0 unspecified atom stereocenters. The summed E-state index contributed by atoms with van der Waals surface area (Å²) in [5.74, 6) is -1.05. The smallest absolute Gasteiger partial charge is 0.200 e. The maximum Gasteiger partial charge on any atom is 0.200 e. The first-order chi connectivity index (χ1) is 8.06. The predicted molar refractivity (Wildman–Crippen MR) is 66.1 cm³/mol. The van der Waals surface area contributed by atoms with E-state index in [1.807, 2.05) is 0 Å². The van der Waals surface area contributed by atoms with Gasteiger partial charge in [-0.1, -0.05) is 22.9 Å². The number of benzene rings is 1. The molecular weight excluding hydrogens is 290 g/mol. The van der Waals surface area contributed by atoms with Crippen molar-refractivity contribution in [1.29, 1.82) is 0 Å². The van der Waals surface area contributed by atoms with Gasteiger partial charge in [-0.3, -0.25) is 0 Å². The number of hydrogen-bond acceptors (Lipinski definition) is 1. The average molecular weight is 305 g/mol. The molecule has 1 aromatic rings. The topological polar surface area (TPSA) is 9.23 Å². The summed E-state index contributed by atoms with van der Waals surface area (Å²) in [5, 5.41) is 0. The third kappa shape index (κ3) is 3.18. The first kappa shape index (κ1) is 12.8. The van der Waals surface area contributed by atoms with E-state index in [1.54, 1.807) is 0 Å². The SMILES string of the molecule is CC1CCC(Oc2cc(Br)cc(F)c2F)CC1. The number of hydrogen-bond donors (Lipinski definition) is 0. The largest absolute Gasteiger partial charge is 0.487 e. The number of ether oxygens (including phenoxy) is 1. The van der Waals surface area contributed by atoms with Crippen molar-refractivity contribution >= 4 is 15.9 Å². The van der Waals surface area contributed by atoms with Crippen LogP contribution in [0.25, 0.3) is 0 Å². The molecule has 1 saturated carbocycles. The highest BCUT2D eigenvalue weighted by atomic mass is 79.9. The van der Waals surface area contributed by atoms with E-state index in [2.05, 4.69) is 22.9 Å².